The number of fused-ring (bicyclic) bond motifs is 2. The first-order valence-electron chi connectivity index (χ1n) is 7.53. The van der Waals surface area contributed by atoms with Gasteiger partial charge in [0.25, 0.3) is 0 Å². The van der Waals surface area contributed by atoms with Crippen molar-refractivity contribution in [3.8, 4) is 0 Å². The molecule has 23 heavy (non-hydrogen) atoms. The van der Waals surface area contributed by atoms with Crippen LogP contribution in [0.2, 0.25) is 0 Å². The van der Waals surface area contributed by atoms with Gasteiger partial charge in [-0.2, -0.15) is 18.3 Å². The van der Waals surface area contributed by atoms with Gasteiger partial charge in [0.05, 0.1) is 25.0 Å². The van der Waals surface area contributed by atoms with E-state index in [0.717, 1.165) is 12.8 Å². The molecule has 0 aromatic carbocycles. The number of rotatable bonds is 3. The van der Waals surface area contributed by atoms with E-state index < -0.39 is 12.7 Å². The summed E-state index contributed by atoms with van der Waals surface area (Å²) in [7, 11) is 0. The second-order valence-electron chi connectivity index (χ2n) is 6.10. The van der Waals surface area contributed by atoms with Gasteiger partial charge in [0.1, 0.15) is 5.69 Å². The Kier molecular flexibility index (Phi) is 4.13. The minimum Gasteiger partial charge on any atom is -0.368 e. The molecule has 2 fully saturated rings. The van der Waals surface area contributed by atoms with E-state index in [1.54, 1.807) is 22.0 Å². The SMILES string of the molecule is C=NC(N)=Nc1cnn(C2CC3CCC(C2)N3CC(F)(F)F)c1. The first-order valence-corrected chi connectivity index (χ1v) is 7.53. The molecule has 0 aliphatic carbocycles. The zero-order valence-electron chi connectivity index (χ0n) is 12.6. The van der Waals surface area contributed by atoms with E-state index in [1.807, 2.05) is 0 Å². The number of guanidine groups is 1. The molecule has 3 heterocycles. The van der Waals surface area contributed by atoms with E-state index in [1.165, 1.54) is 0 Å². The third kappa shape index (κ3) is 3.54. The number of aromatic nitrogens is 2. The molecule has 3 rings (SSSR count). The Hall–Kier alpha value is -1.90. The topological polar surface area (TPSA) is 71.8 Å². The molecule has 2 unspecified atom stereocenters. The van der Waals surface area contributed by atoms with Crippen molar-refractivity contribution in [3.05, 3.63) is 12.4 Å². The van der Waals surface area contributed by atoms with Gasteiger partial charge in [-0.15, -0.1) is 0 Å². The molecule has 0 saturated carbocycles. The van der Waals surface area contributed by atoms with Crippen molar-refractivity contribution < 1.29 is 13.2 Å². The van der Waals surface area contributed by atoms with E-state index >= 15 is 0 Å². The summed E-state index contributed by atoms with van der Waals surface area (Å²) in [5.74, 6) is 0.0598. The minimum absolute atomic E-state index is 0.0311. The molecule has 0 amide bonds. The molecule has 126 valence electrons. The van der Waals surface area contributed by atoms with Crippen LogP contribution in [0.1, 0.15) is 31.7 Å². The van der Waals surface area contributed by atoms with Crippen molar-refractivity contribution in [2.45, 2.75) is 50.0 Å². The van der Waals surface area contributed by atoms with Crippen LogP contribution >= 0.6 is 0 Å². The predicted octanol–water partition coefficient (Wildman–Crippen LogP) is 2.26. The van der Waals surface area contributed by atoms with Crippen molar-refractivity contribution in [2.24, 2.45) is 15.7 Å². The zero-order valence-corrected chi connectivity index (χ0v) is 12.6. The molecule has 6 nitrogen and oxygen atoms in total. The lowest BCUT2D eigenvalue weighted by Crippen LogP contribution is -2.47. The number of aliphatic imine (C=N–C) groups is 2. The number of hydrogen-bond donors (Lipinski definition) is 1. The van der Waals surface area contributed by atoms with Gasteiger partial charge in [0, 0.05) is 12.1 Å². The number of nitrogens with zero attached hydrogens (tertiary/aromatic N) is 5. The van der Waals surface area contributed by atoms with Crippen molar-refractivity contribution in [1.82, 2.24) is 14.7 Å². The highest BCUT2D eigenvalue weighted by molar-refractivity contribution is 5.84. The lowest BCUT2D eigenvalue weighted by atomic mass is 9.97. The van der Waals surface area contributed by atoms with Crippen LogP contribution in [-0.2, 0) is 0 Å². The highest BCUT2D eigenvalue weighted by atomic mass is 19.4. The quantitative estimate of drug-likeness (QED) is 0.683. The molecule has 9 heteroatoms. The Morgan fingerprint density at radius 3 is 2.52 bits per heavy atom. The second kappa shape index (κ2) is 5.95. The van der Waals surface area contributed by atoms with E-state index in [9.17, 15) is 13.2 Å². The van der Waals surface area contributed by atoms with Crippen LogP contribution in [0.5, 0.6) is 0 Å². The smallest absolute Gasteiger partial charge is 0.368 e. The highest BCUT2D eigenvalue weighted by Crippen LogP contribution is 2.42. The average molecular weight is 328 g/mol. The molecule has 1 aromatic heterocycles. The van der Waals surface area contributed by atoms with Gasteiger partial charge in [-0.25, -0.2) is 9.98 Å². The molecule has 2 bridgehead atoms. The van der Waals surface area contributed by atoms with E-state index in [2.05, 4.69) is 21.8 Å². The highest BCUT2D eigenvalue weighted by Gasteiger charge is 2.45. The standard InChI is InChI=1S/C14H19F3N6/c1-19-13(18)21-9-6-20-23(7-9)12-4-10-2-3-11(5-12)22(10)8-14(15,16)17/h6-7,10-12H,1-5,8H2,(H2,18,21). The number of nitrogens with two attached hydrogens (primary N) is 1. The molecule has 2 aliphatic heterocycles. The predicted molar refractivity (Wildman–Crippen MR) is 80.9 cm³/mol. The van der Waals surface area contributed by atoms with Gasteiger partial charge >= 0.3 is 6.18 Å². The van der Waals surface area contributed by atoms with Gasteiger partial charge < -0.3 is 5.73 Å². The minimum atomic E-state index is -4.14. The molecule has 2 N–H and O–H groups in total. The maximum atomic E-state index is 12.7. The number of hydrogen-bond acceptors (Lipinski definition) is 3. The summed E-state index contributed by atoms with van der Waals surface area (Å²) in [5.41, 5.74) is 6.06. The lowest BCUT2D eigenvalue weighted by molar-refractivity contribution is -0.156. The summed E-state index contributed by atoms with van der Waals surface area (Å²) in [6, 6.07) is 0.0340. The summed E-state index contributed by atoms with van der Waals surface area (Å²) in [6.07, 6.45) is 2.16. The van der Waals surface area contributed by atoms with Gasteiger partial charge in [-0.1, -0.05) is 0 Å². The Balaban J connectivity index is 1.70. The van der Waals surface area contributed by atoms with Crippen LogP contribution < -0.4 is 5.73 Å². The summed E-state index contributed by atoms with van der Waals surface area (Å²) >= 11 is 0. The van der Waals surface area contributed by atoms with E-state index in [0.29, 0.717) is 18.5 Å². The number of piperidine rings is 1. The van der Waals surface area contributed by atoms with Crippen LogP contribution in [0.15, 0.2) is 22.4 Å². The Bertz CT molecular complexity index is 594. The summed E-state index contributed by atoms with van der Waals surface area (Å²) in [5, 5.41) is 4.27. The van der Waals surface area contributed by atoms with Crippen LogP contribution in [0.3, 0.4) is 0 Å². The van der Waals surface area contributed by atoms with Crippen molar-refractivity contribution in [2.75, 3.05) is 6.54 Å². The summed E-state index contributed by atoms with van der Waals surface area (Å²) < 4.78 is 39.9. The fourth-order valence-electron chi connectivity index (χ4n) is 3.68. The monoisotopic (exact) mass is 328 g/mol. The fourth-order valence-corrected chi connectivity index (χ4v) is 3.68. The van der Waals surface area contributed by atoms with Crippen molar-refractivity contribution in [1.29, 1.82) is 0 Å². The normalized spacial score (nSPS) is 29.0. The fraction of sp³-hybridized carbons (Fsp3) is 0.643. The molecule has 2 atom stereocenters. The first kappa shape index (κ1) is 16.0. The molecule has 2 aliphatic rings. The maximum absolute atomic E-state index is 12.7. The molecule has 1 aromatic rings. The molecular weight excluding hydrogens is 309 g/mol. The van der Waals surface area contributed by atoms with Crippen LogP contribution in [0, 0.1) is 0 Å². The lowest BCUT2D eigenvalue weighted by Gasteiger charge is -2.39. The van der Waals surface area contributed by atoms with Crippen LogP contribution in [0.4, 0.5) is 18.9 Å². The van der Waals surface area contributed by atoms with E-state index in [-0.39, 0.29) is 24.1 Å². The van der Waals surface area contributed by atoms with Crippen molar-refractivity contribution in [3.63, 3.8) is 0 Å². The summed E-state index contributed by atoms with van der Waals surface area (Å²) in [4.78, 5) is 9.15. The second-order valence-corrected chi connectivity index (χ2v) is 6.10. The third-order valence-electron chi connectivity index (χ3n) is 4.59. The van der Waals surface area contributed by atoms with Crippen molar-refractivity contribution >= 4 is 18.4 Å². The third-order valence-corrected chi connectivity index (χ3v) is 4.59. The Labute approximate surface area is 131 Å². The average Bonchev–Trinajstić information content (AvgIpc) is 2.99. The number of halogens is 3. The van der Waals surface area contributed by atoms with Gasteiger partial charge in [0.15, 0.2) is 0 Å². The summed E-state index contributed by atoms with van der Waals surface area (Å²) in [6.45, 7) is 2.47. The molecular formula is C14H19F3N6. The zero-order chi connectivity index (χ0) is 16.6. The van der Waals surface area contributed by atoms with E-state index in [4.69, 9.17) is 5.73 Å². The maximum Gasteiger partial charge on any atom is 0.401 e. The molecule has 0 radical (unpaired) electrons. The Morgan fingerprint density at radius 2 is 1.96 bits per heavy atom. The first-order chi connectivity index (χ1) is 10.9. The van der Waals surface area contributed by atoms with Crippen LogP contribution in [-0.4, -0.2) is 52.2 Å². The van der Waals surface area contributed by atoms with Gasteiger partial charge in [-0.3, -0.25) is 9.58 Å². The molecule has 2 saturated heterocycles. The number of alkyl halides is 3. The van der Waals surface area contributed by atoms with Crippen LogP contribution in [0.25, 0.3) is 0 Å². The van der Waals surface area contributed by atoms with Gasteiger partial charge in [0.2, 0.25) is 5.96 Å². The van der Waals surface area contributed by atoms with Gasteiger partial charge in [-0.05, 0) is 32.4 Å². The molecule has 0 spiro atoms. The largest absolute Gasteiger partial charge is 0.401 e. The Morgan fingerprint density at radius 1 is 1.30 bits per heavy atom.